The zero-order chi connectivity index (χ0) is 15.0. The predicted octanol–water partition coefficient (Wildman–Crippen LogP) is 2.88. The number of carboxylic acids is 1. The summed E-state index contributed by atoms with van der Waals surface area (Å²) in [6.45, 7) is 2.64. The highest BCUT2D eigenvalue weighted by molar-refractivity contribution is 7.10. The smallest absolute Gasteiger partial charge is 0.326 e. The molecular weight excluding hydrogens is 286 g/mol. The third kappa shape index (κ3) is 2.71. The first kappa shape index (κ1) is 14.6. The van der Waals surface area contributed by atoms with Crippen molar-refractivity contribution in [1.29, 1.82) is 0 Å². The highest BCUT2D eigenvalue weighted by atomic mass is 32.1. The van der Waals surface area contributed by atoms with Gasteiger partial charge < -0.3 is 10.0 Å². The van der Waals surface area contributed by atoms with Gasteiger partial charge in [0.2, 0.25) is 5.91 Å². The Morgan fingerprint density at radius 1 is 1.38 bits per heavy atom. The Kier molecular flexibility index (Phi) is 4.02. The Bertz CT molecular complexity index is 553. The van der Waals surface area contributed by atoms with Crippen molar-refractivity contribution in [2.75, 3.05) is 6.54 Å². The molecule has 1 saturated heterocycles. The summed E-state index contributed by atoms with van der Waals surface area (Å²) in [7, 11) is 0. The van der Waals surface area contributed by atoms with Crippen molar-refractivity contribution in [3.05, 3.63) is 21.9 Å². The number of rotatable bonds is 2. The standard InChI is InChI=1S/C16H21NO3S/c1-10-5-7-17(13(9-10)16(19)20)15(18)12-3-2-4-14-11(12)6-8-21-14/h6,8,10,12-13H,2-5,7,9H2,1H3,(H,19,20). The molecule has 1 N–H and O–H groups in total. The van der Waals surface area contributed by atoms with Gasteiger partial charge in [-0.1, -0.05) is 6.92 Å². The summed E-state index contributed by atoms with van der Waals surface area (Å²) in [5.74, 6) is -0.599. The zero-order valence-electron chi connectivity index (χ0n) is 12.2. The van der Waals surface area contributed by atoms with Crippen LogP contribution in [0.5, 0.6) is 0 Å². The van der Waals surface area contributed by atoms with Gasteiger partial charge in [0.25, 0.3) is 0 Å². The van der Waals surface area contributed by atoms with Crippen LogP contribution in [0, 0.1) is 5.92 Å². The Hall–Kier alpha value is -1.36. The maximum Gasteiger partial charge on any atom is 0.326 e. The van der Waals surface area contributed by atoms with Gasteiger partial charge in [0.1, 0.15) is 6.04 Å². The Morgan fingerprint density at radius 3 is 2.95 bits per heavy atom. The fraction of sp³-hybridized carbons (Fsp3) is 0.625. The van der Waals surface area contributed by atoms with Crippen LogP contribution >= 0.6 is 11.3 Å². The summed E-state index contributed by atoms with van der Waals surface area (Å²) in [5, 5.41) is 11.5. The molecule has 1 fully saturated rings. The van der Waals surface area contributed by atoms with Crippen LogP contribution in [0.2, 0.25) is 0 Å². The molecule has 0 aromatic carbocycles. The number of amides is 1. The molecule has 114 valence electrons. The minimum atomic E-state index is -0.865. The number of piperidine rings is 1. The van der Waals surface area contributed by atoms with Gasteiger partial charge in [-0.2, -0.15) is 0 Å². The Balaban J connectivity index is 1.83. The fourth-order valence-corrected chi connectivity index (χ4v) is 4.57. The van der Waals surface area contributed by atoms with Crippen molar-refractivity contribution in [2.24, 2.45) is 5.92 Å². The molecule has 4 nitrogen and oxygen atoms in total. The molecule has 1 aromatic heterocycles. The van der Waals surface area contributed by atoms with E-state index in [1.807, 2.05) is 11.4 Å². The highest BCUT2D eigenvalue weighted by Gasteiger charge is 2.39. The summed E-state index contributed by atoms with van der Waals surface area (Å²) in [6.07, 6.45) is 4.39. The van der Waals surface area contributed by atoms with E-state index in [-0.39, 0.29) is 11.8 Å². The van der Waals surface area contributed by atoms with E-state index in [0.29, 0.717) is 18.9 Å². The van der Waals surface area contributed by atoms with E-state index in [1.165, 1.54) is 4.88 Å². The van der Waals surface area contributed by atoms with Gasteiger partial charge in [-0.15, -0.1) is 11.3 Å². The summed E-state index contributed by atoms with van der Waals surface area (Å²) >= 11 is 1.71. The van der Waals surface area contributed by atoms with Crippen LogP contribution in [-0.4, -0.2) is 34.5 Å². The zero-order valence-corrected chi connectivity index (χ0v) is 13.1. The minimum absolute atomic E-state index is 0.0219. The van der Waals surface area contributed by atoms with Crippen LogP contribution in [0.25, 0.3) is 0 Å². The second kappa shape index (κ2) is 5.79. The number of fused-ring (bicyclic) bond motifs is 1. The normalized spacial score (nSPS) is 29.0. The molecule has 1 aliphatic heterocycles. The lowest BCUT2D eigenvalue weighted by Crippen LogP contribution is -2.51. The molecule has 2 heterocycles. The monoisotopic (exact) mass is 307 g/mol. The molecule has 21 heavy (non-hydrogen) atoms. The molecular formula is C16H21NO3S. The van der Waals surface area contributed by atoms with Crippen molar-refractivity contribution >= 4 is 23.2 Å². The lowest BCUT2D eigenvalue weighted by atomic mass is 9.84. The van der Waals surface area contributed by atoms with Gasteiger partial charge in [-0.3, -0.25) is 4.79 Å². The largest absolute Gasteiger partial charge is 0.480 e. The highest BCUT2D eigenvalue weighted by Crippen LogP contribution is 2.37. The molecule has 0 saturated carbocycles. The molecule has 1 aliphatic carbocycles. The van der Waals surface area contributed by atoms with Crippen LogP contribution in [-0.2, 0) is 16.0 Å². The Labute approximate surface area is 128 Å². The average molecular weight is 307 g/mol. The molecule has 3 rings (SSSR count). The molecule has 0 spiro atoms. The van der Waals surface area contributed by atoms with E-state index >= 15 is 0 Å². The molecule has 1 amide bonds. The van der Waals surface area contributed by atoms with Crippen molar-refractivity contribution < 1.29 is 14.7 Å². The summed E-state index contributed by atoms with van der Waals surface area (Å²) in [4.78, 5) is 27.3. The molecule has 3 unspecified atom stereocenters. The quantitative estimate of drug-likeness (QED) is 0.914. The van der Waals surface area contributed by atoms with Crippen molar-refractivity contribution in [3.8, 4) is 0 Å². The van der Waals surface area contributed by atoms with Gasteiger partial charge in [-0.25, -0.2) is 4.79 Å². The number of carbonyl (C=O) groups is 2. The maximum atomic E-state index is 12.9. The van der Waals surface area contributed by atoms with Crippen LogP contribution in [0.3, 0.4) is 0 Å². The van der Waals surface area contributed by atoms with E-state index in [0.717, 1.165) is 31.2 Å². The topological polar surface area (TPSA) is 57.6 Å². The molecule has 1 aromatic rings. The number of nitrogens with zero attached hydrogens (tertiary/aromatic N) is 1. The lowest BCUT2D eigenvalue weighted by molar-refractivity contribution is -0.153. The first-order chi connectivity index (χ1) is 10.1. The summed E-state index contributed by atoms with van der Waals surface area (Å²) in [6, 6.07) is 1.40. The number of carbonyl (C=O) groups excluding carboxylic acids is 1. The van der Waals surface area contributed by atoms with Crippen molar-refractivity contribution in [1.82, 2.24) is 4.90 Å². The summed E-state index contributed by atoms with van der Waals surface area (Å²) < 4.78 is 0. The van der Waals surface area contributed by atoms with Crippen LogP contribution < -0.4 is 0 Å². The fourth-order valence-electron chi connectivity index (χ4n) is 3.58. The van der Waals surface area contributed by atoms with E-state index in [1.54, 1.807) is 16.2 Å². The first-order valence-corrected chi connectivity index (χ1v) is 8.55. The lowest BCUT2D eigenvalue weighted by Gasteiger charge is -2.38. The van der Waals surface area contributed by atoms with Gasteiger partial charge in [0, 0.05) is 11.4 Å². The number of carboxylic acid groups (broad SMARTS) is 1. The first-order valence-electron chi connectivity index (χ1n) is 7.67. The number of aryl methyl sites for hydroxylation is 1. The molecule has 0 radical (unpaired) electrons. The van der Waals surface area contributed by atoms with Crippen LogP contribution in [0.15, 0.2) is 11.4 Å². The number of aliphatic carboxylic acids is 1. The molecule has 5 heteroatoms. The predicted molar refractivity (Wildman–Crippen MR) is 81.5 cm³/mol. The second-order valence-electron chi connectivity index (χ2n) is 6.26. The SMILES string of the molecule is CC1CCN(C(=O)C2CCCc3sccc32)C(C(=O)O)C1. The number of hydrogen-bond acceptors (Lipinski definition) is 3. The van der Waals surface area contributed by atoms with Gasteiger partial charge >= 0.3 is 5.97 Å². The summed E-state index contributed by atoms with van der Waals surface area (Å²) in [5.41, 5.74) is 1.14. The average Bonchev–Trinajstić information content (AvgIpc) is 2.94. The van der Waals surface area contributed by atoms with Crippen LogP contribution in [0.1, 0.15) is 49.0 Å². The van der Waals surface area contributed by atoms with Crippen molar-refractivity contribution in [2.45, 2.75) is 51.0 Å². The Morgan fingerprint density at radius 2 is 2.19 bits per heavy atom. The van der Waals surface area contributed by atoms with Crippen molar-refractivity contribution in [3.63, 3.8) is 0 Å². The molecule has 0 bridgehead atoms. The number of likely N-dealkylation sites (tertiary alicyclic amines) is 1. The van der Waals surface area contributed by atoms with E-state index < -0.39 is 12.0 Å². The van der Waals surface area contributed by atoms with E-state index in [9.17, 15) is 14.7 Å². The third-order valence-corrected chi connectivity index (χ3v) is 5.78. The third-order valence-electron chi connectivity index (χ3n) is 4.78. The van der Waals surface area contributed by atoms with Crippen LogP contribution in [0.4, 0.5) is 0 Å². The maximum absolute atomic E-state index is 12.9. The minimum Gasteiger partial charge on any atom is -0.480 e. The molecule has 2 aliphatic rings. The molecule has 3 atom stereocenters. The van der Waals surface area contributed by atoms with Gasteiger partial charge in [-0.05, 0) is 55.0 Å². The van der Waals surface area contributed by atoms with Gasteiger partial charge in [0.15, 0.2) is 0 Å². The van der Waals surface area contributed by atoms with E-state index in [2.05, 4.69) is 6.92 Å². The second-order valence-corrected chi connectivity index (χ2v) is 7.26. The number of hydrogen-bond donors (Lipinski definition) is 1. The number of thiophene rings is 1. The van der Waals surface area contributed by atoms with Gasteiger partial charge in [0.05, 0.1) is 5.92 Å². The van der Waals surface area contributed by atoms with E-state index in [4.69, 9.17) is 0 Å².